The van der Waals surface area contributed by atoms with Crippen molar-refractivity contribution >= 4 is 5.97 Å². The van der Waals surface area contributed by atoms with E-state index in [4.69, 9.17) is 9.52 Å². The van der Waals surface area contributed by atoms with Gasteiger partial charge in [0.1, 0.15) is 0 Å². The summed E-state index contributed by atoms with van der Waals surface area (Å²) in [6.07, 6.45) is 1.90. The molecule has 6 nitrogen and oxygen atoms in total. The van der Waals surface area contributed by atoms with E-state index in [1.54, 1.807) is 6.92 Å². The van der Waals surface area contributed by atoms with E-state index in [1.807, 2.05) is 0 Å². The molecule has 0 aliphatic carbocycles. The lowest BCUT2D eigenvalue weighted by Crippen LogP contribution is -2.17. The Hall–Kier alpha value is -1.43. The molecule has 96 valence electrons. The molecule has 1 unspecified atom stereocenters. The summed E-state index contributed by atoms with van der Waals surface area (Å²) in [5.41, 5.74) is 0. The van der Waals surface area contributed by atoms with E-state index in [2.05, 4.69) is 22.4 Å². The minimum Gasteiger partial charge on any atom is -0.481 e. The molecular weight excluding hydrogens is 222 g/mol. The molecule has 0 spiro atoms. The number of hydrogen-bond acceptors (Lipinski definition) is 5. The van der Waals surface area contributed by atoms with Gasteiger partial charge in [-0.1, -0.05) is 6.92 Å². The fourth-order valence-electron chi connectivity index (χ4n) is 1.47. The number of nitrogens with one attached hydrogen (secondary N) is 1. The first kappa shape index (κ1) is 13.6. The van der Waals surface area contributed by atoms with Crippen LogP contribution < -0.4 is 5.32 Å². The Morgan fingerprint density at radius 1 is 1.47 bits per heavy atom. The molecule has 0 saturated carbocycles. The molecule has 1 atom stereocenters. The zero-order valence-corrected chi connectivity index (χ0v) is 10.3. The summed E-state index contributed by atoms with van der Waals surface area (Å²) >= 11 is 0. The summed E-state index contributed by atoms with van der Waals surface area (Å²) < 4.78 is 5.21. The molecule has 1 aromatic rings. The zero-order valence-electron chi connectivity index (χ0n) is 10.3. The van der Waals surface area contributed by atoms with Gasteiger partial charge in [0, 0.05) is 13.3 Å². The van der Waals surface area contributed by atoms with Crippen molar-refractivity contribution in [2.24, 2.45) is 5.92 Å². The largest absolute Gasteiger partial charge is 0.481 e. The highest BCUT2D eigenvalue weighted by molar-refractivity contribution is 5.66. The molecule has 1 rings (SSSR count). The third-order valence-corrected chi connectivity index (χ3v) is 2.51. The third kappa shape index (κ3) is 6.01. The number of hydrogen-bond donors (Lipinski definition) is 2. The van der Waals surface area contributed by atoms with Crippen molar-refractivity contribution in [1.29, 1.82) is 0 Å². The smallest absolute Gasteiger partial charge is 0.303 e. The van der Waals surface area contributed by atoms with E-state index in [-0.39, 0.29) is 6.42 Å². The average Bonchev–Trinajstić information content (AvgIpc) is 2.68. The zero-order chi connectivity index (χ0) is 12.7. The number of nitrogens with zero attached hydrogens (tertiary/aromatic N) is 2. The van der Waals surface area contributed by atoms with E-state index in [0.717, 1.165) is 19.4 Å². The molecule has 0 bridgehead atoms. The lowest BCUT2D eigenvalue weighted by atomic mass is 10.0. The monoisotopic (exact) mass is 241 g/mol. The normalized spacial score (nSPS) is 12.6. The number of aliphatic carboxylic acids is 1. The van der Waals surface area contributed by atoms with Crippen LogP contribution in [0.5, 0.6) is 0 Å². The fraction of sp³-hybridized carbons (Fsp3) is 0.727. The van der Waals surface area contributed by atoms with Crippen LogP contribution in [0.25, 0.3) is 0 Å². The van der Waals surface area contributed by atoms with Gasteiger partial charge in [0.05, 0.1) is 6.54 Å². The third-order valence-electron chi connectivity index (χ3n) is 2.51. The van der Waals surface area contributed by atoms with Gasteiger partial charge in [0.2, 0.25) is 11.8 Å². The molecular formula is C11H19N3O3. The number of carbonyl (C=O) groups is 1. The molecule has 1 heterocycles. The van der Waals surface area contributed by atoms with Crippen molar-refractivity contribution in [2.75, 3.05) is 6.54 Å². The highest BCUT2D eigenvalue weighted by atomic mass is 16.4. The number of carboxylic acids is 1. The predicted octanol–water partition coefficient (Wildman–Crippen LogP) is 1.36. The van der Waals surface area contributed by atoms with Gasteiger partial charge >= 0.3 is 5.97 Å². The Kier molecular flexibility index (Phi) is 5.62. The Morgan fingerprint density at radius 3 is 2.82 bits per heavy atom. The van der Waals surface area contributed by atoms with Crippen molar-refractivity contribution in [3.05, 3.63) is 11.8 Å². The van der Waals surface area contributed by atoms with Crippen LogP contribution in [0, 0.1) is 12.8 Å². The van der Waals surface area contributed by atoms with Crippen molar-refractivity contribution < 1.29 is 14.3 Å². The predicted molar refractivity (Wildman–Crippen MR) is 61.4 cm³/mol. The van der Waals surface area contributed by atoms with E-state index in [9.17, 15) is 4.79 Å². The topological polar surface area (TPSA) is 88.2 Å². The maximum absolute atomic E-state index is 10.4. The van der Waals surface area contributed by atoms with Gasteiger partial charge in [-0.05, 0) is 25.3 Å². The van der Waals surface area contributed by atoms with E-state index < -0.39 is 5.97 Å². The number of rotatable bonds is 8. The first-order chi connectivity index (χ1) is 8.08. The Balaban J connectivity index is 2.05. The van der Waals surface area contributed by atoms with Crippen LogP contribution in [0.3, 0.4) is 0 Å². The standard InChI is InChI=1S/C11H19N3O3/c1-8(3-4-11(15)16)5-6-12-7-10-14-13-9(2)17-10/h8,12H,3-7H2,1-2H3,(H,15,16). The molecule has 0 saturated heterocycles. The first-order valence-corrected chi connectivity index (χ1v) is 5.79. The van der Waals surface area contributed by atoms with E-state index >= 15 is 0 Å². The molecule has 0 aromatic carbocycles. The highest BCUT2D eigenvalue weighted by Gasteiger charge is 2.06. The lowest BCUT2D eigenvalue weighted by molar-refractivity contribution is -0.137. The van der Waals surface area contributed by atoms with Gasteiger partial charge in [-0.3, -0.25) is 4.79 Å². The molecule has 17 heavy (non-hydrogen) atoms. The van der Waals surface area contributed by atoms with Crippen molar-refractivity contribution in [3.8, 4) is 0 Å². The lowest BCUT2D eigenvalue weighted by Gasteiger charge is -2.09. The van der Waals surface area contributed by atoms with Gasteiger partial charge in [-0.25, -0.2) is 0 Å². The van der Waals surface area contributed by atoms with E-state index in [1.165, 1.54) is 0 Å². The minimum atomic E-state index is -0.730. The van der Waals surface area contributed by atoms with Crippen LogP contribution >= 0.6 is 0 Å². The van der Waals surface area contributed by atoms with Crippen LogP contribution in [0.1, 0.15) is 38.0 Å². The molecule has 0 amide bonds. The second kappa shape index (κ2) is 7.01. The fourth-order valence-corrected chi connectivity index (χ4v) is 1.47. The average molecular weight is 241 g/mol. The van der Waals surface area contributed by atoms with Crippen LogP contribution in [0.2, 0.25) is 0 Å². The quantitative estimate of drug-likeness (QED) is 0.668. The van der Waals surface area contributed by atoms with Crippen LogP contribution in [-0.2, 0) is 11.3 Å². The summed E-state index contributed by atoms with van der Waals surface area (Å²) in [7, 11) is 0. The van der Waals surface area contributed by atoms with Gasteiger partial charge < -0.3 is 14.8 Å². The van der Waals surface area contributed by atoms with Gasteiger partial charge in [0.15, 0.2) is 0 Å². The molecule has 0 radical (unpaired) electrons. The summed E-state index contributed by atoms with van der Waals surface area (Å²) in [5.74, 6) is 0.825. The number of aryl methyl sites for hydroxylation is 1. The maximum atomic E-state index is 10.4. The van der Waals surface area contributed by atoms with Crippen molar-refractivity contribution in [2.45, 2.75) is 39.7 Å². The molecule has 0 fully saturated rings. The Bertz CT molecular complexity index is 351. The number of carboxylic acid groups (broad SMARTS) is 1. The summed E-state index contributed by atoms with van der Waals surface area (Å²) in [6.45, 7) is 5.20. The summed E-state index contributed by atoms with van der Waals surface area (Å²) in [5, 5.41) is 19.3. The summed E-state index contributed by atoms with van der Waals surface area (Å²) in [4.78, 5) is 10.4. The van der Waals surface area contributed by atoms with Crippen LogP contribution in [0.4, 0.5) is 0 Å². The van der Waals surface area contributed by atoms with Crippen LogP contribution in [-0.4, -0.2) is 27.8 Å². The molecule has 2 N–H and O–H groups in total. The van der Waals surface area contributed by atoms with Gasteiger partial charge in [0.25, 0.3) is 0 Å². The van der Waals surface area contributed by atoms with Gasteiger partial charge in [-0.15, -0.1) is 10.2 Å². The number of aromatic nitrogens is 2. The Morgan fingerprint density at radius 2 is 2.24 bits per heavy atom. The minimum absolute atomic E-state index is 0.240. The SMILES string of the molecule is Cc1nnc(CNCCC(C)CCC(=O)O)o1. The molecule has 0 aliphatic rings. The molecule has 0 aliphatic heterocycles. The molecule has 1 aromatic heterocycles. The Labute approximate surface area is 100 Å². The second-order valence-corrected chi connectivity index (χ2v) is 4.22. The highest BCUT2D eigenvalue weighted by Crippen LogP contribution is 2.09. The van der Waals surface area contributed by atoms with E-state index in [0.29, 0.717) is 24.2 Å². The molecule has 6 heteroatoms. The summed E-state index contributed by atoms with van der Waals surface area (Å²) in [6, 6.07) is 0. The van der Waals surface area contributed by atoms with Gasteiger partial charge in [-0.2, -0.15) is 0 Å². The van der Waals surface area contributed by atoms with Crippen molar-refractivity contribution in [1.82, 2.24) is 15.5 Å². The first-order valence-electron chi connectivity index (χ1n) is 5.79. The van der Waals surface area contributed by atoms with Crippen LogP contribution in [0.15, 0.2) is 4.42 Å². The maximum Gasteiger partial charge on any atom is 0.303 e. The second-order valence-electron chi connectivity index (χ2n) is 4.22. The van der Waals surface area contributed by atoms with Crippen molar-refractivity contribution in [3.63, 3.8) is 0 Å².